The first kappa shape index (κ1) is 36.5. The van der Waals surface area contributed by atoms with E-state index in [0.29, 0.717) is 17.6 Å². The molecule has 1 aliphatic carbocycles. The molecule has 3 heterocycles. The Hall–Kier alpha value is -7.37. The summed E-state index contributed by atoms with van der Waals surface area (Å²) >= 11 is 0. The summed E-state index contributed by atoms with van der Waals surface area (Å²) in [4.78, 5) is 16.1. The van der Waals surface area contributed by atoms with Crippen molar-refractivity contribution in [3.63, 3.8) is 0 Å². The maximum absolute atomic E-state index is 5.46. The molecule has 8 aromatic carbocycles. The second-order valence-corrected chi connectivity index (χ2v) is 18.3. The third-order valence-electron chi connectivity index (χ3n) is 13.6. The molecule has 1 aliphatic rings. The highest BCUT2D eigenvalue weighted by Gasteiger charge is 2.38. The molecule has 62 heavy (non-hydrogen) atoms. The van der Waals surface area contributed by atoms with Gasteiger partial charge < -0.3 is 4.57 Å². The van der Waals surface area contributed by atoms with Gasteiger partial charge in [-0.2, -0.15) is 9.97 Å². The first-order chi connectivity index (χ1) is 30.2. The van der Waals surface area contributed by atoms with Crippen molar-refractivity contribution in [2.24, 2.45) is 0 Å². The van der Waals surface area contributed by atoms with Crippen LogP contribution in [-0.4, -0.2) is 24.1 Å². The summed E-state index contributed by atoms with van der Waals surface area (Å²) in [6, 6.07) is 63.2. The number of para-hydroxylation sites is 1. The Balaban J connectivity index is 1.23. The van der Waals surface area contributed by atoms with E-state index >= 15 is 0 Å². The topological polar surface area (TPSA) is 48.5 Å². The van der Waals surface area contributed by atoms with E-state index in [-0.39, 0.29) is 10.8 Å². The molecule has 0 saturated heterocycles. The second kappa shape index (κ2) is 13.6. The maximum atomic E-state index is 5.46. The van der Waals surface area contributed by atoms with Gasteiger partial charge in [-0.15, -0.1) is 0 Å². The molecule has 11 aromatic rings. The fourth-order valence-corrected chi connectivity index (χ4v) is 10.3. The minimum Gasteiger partial charge on any atom is -0.309 e. The van der Waals surface area contributed by atoms with Gasteiger partial charge in [0.15, 0.2) is 11.6 Å². The predicted molar refractivity (Wildman–Crippen MR) is 258 cm³/mol. The number of benzene rings is 8. The number of fused-ring (bicyclic) bond motifs is 9. The molecule has 0 amide bonds. The lowest BCUT2D eigenvalue weighted by molar-refractivity contribution is 0.332. The molecule has 0 spiro atoms. The smallest absolute Gasteiger partial charge is 0.238 e. The van der Waals surface area contributed by atoms with Crippen molar-refractivity contribution in [3.8, 4) is 45.5 Å². The van der Waals surface area contributed by atoms with Gasteiger partial charge in [0.05, 0.1) is 22.1 Å². The van der Waals surface area contributed by atoms with Crippen LogP contribution in [0.2, 0.25) is 0 Å². The zero-order valence-corrected chi connectivity index (χ0v) is 35.4. The van der Waals surface area contributed by atoms with E-state index in [4.69, 9.17) is 15.0 Å². The first-order valence-corrected chi connectivity index (χ1v) is 21.7. The molecule has 0 fully saturated rings. The molecular weight excluding hydrogens is 755 g/mol. The van der Waals surface area contributed by atoms with Gasteiger partial charge in [-0.25, -0.2) is 4.98 Å². The summed E-state index contributed by atoms with van der Waals surface area (Å²) < 4.78 is 4.76. The molecule has 0 aliphatic heterocycles. The van der Waals surface area contributed by atoms with Crippen LogP contribution >= 0.6 is 0 Å². The van der Waals surface area contributed by atoms with E-state index in [1.165, 1.54) is 49.0 Å². The maximum Gasteiger partial charge on any atom is 0.238 e. The van der Waals surface area contributed by atoms with Crippen LogP contribution in [0.5, 0.6) is 0 Å². The average Bonchev–Trinajstić information content (AvgIpc) is 3.81. The van der Waals surface area contributed by atoms with Crippen LogP contribution in [-0.2, 0) is 10.8 Å². The van der Waals surface area contributed by atoms with Crippen molar-refractivity contribution < 1.29 is 0 Å². The van der Waals surface area contributed by atoms with Crippen molar-refractivity contribution in [1.29, 1.82) is 0 Å². The number of hydrogen-bond acceptors (Lipinski definition) is 3. The molecule has 3 aromatic heterocycles. The van der Waals surface area contributed by atoms with Crippen LogP contribution in [0.3, 0.4) is 0 Å². The molecule has 0 N–H and O–H groups in total. The average molecular weight is 800 g/mol. The summed E-state index contributed by atoms with van der Waals surface area (Å²) in [6.07, 6.45) is 2.32. The van der Waals surface area contributed by atoms with Crippen molar-refractivity contribution in [1.82, 2.24) is 24.1 Å². The molecule has 5 nitrogen and oxygen atoms in total. The first-order valence-electron chi connectivity index (χ1n) is 21.7. The van der Waals surface area contributed by atoms with E-state index in [2.05, 4.69) is 195 Å². The van der Waals surface area contributed by atoms with Crippen LogP contribution in [0.4, 0.5) is 0 Å². The van der Waals surface area contributed by atoms with Crippen molar-refractivity contribution in [3.05, 3.63) is 187 Å². The second-order valence-electron chi connectivity index (χ2n) is 18.3. The normalized spacial score (nSPS) is 14.6. The summed E-state index contributed by atoms with van der Waals surface area (Å²) in [5, 5.41) is 7.27. The lowest BCUT2D eigenvalue weighted by atomic mass is 9.63. The van der Waals surface area contributed by atoms with E-state index in [1.807, 2.05) is 18.2 Å². The van der Waals surface area contributed by atoms with Crippen molar-refractivity contribution >= 4 is 54.4 Å². The minimum atomic E-state index is 0.0689. The standard InChI is InChI=1S/C57H45N5/c1-56(2)30-31-57(3,4)47-34-49-44(33-46(47)56)43-32-45-51(35-50(43)61(49)39-23-12-7-13-24-39)62(48-29-28-37-20-14-15-26-41(37)52(45)48)55-59-53(38-21-10-6-11-22-38)58-54(60-55)42-27-17-16-25-40(42)36-18-8-5-9-19-36/h5-29,32-35H,30-31H2,1-4H3. The monoisotopic (exact) mass is 799 g/mol. The highest BCUT2D eigenvalue weighted by molar-refractivity contribution is 6.25. The van der Waals surface area contributed by atoms with Gasteiger partial charge in [-0.1, -0.05) is 161 Å². The van der Waals surface area contributed by atoms with Crippen LogP contribution < -0.4 is 0 Å². The molecule has 5 heteroatoms. The van der Waals surface area contributed by atoms with E-state index in [0.717, 1.165) is 57.3 Å². The van der Waals surface area contributed by atoms with Crippen LogP contribution in [0, 0.1) is 0 Å². The van der Waals surface area contributed by atoms with Gasteiger partial charge in [-0.05, 0) is 99.2 Å². The molecule has 298 valence electrons. The Labute approximate surface area is 361 Å². The van der Waals surface area contributed by atoms with Gasteiger partial charge in [0.2, 0.25) is 5.95 Å². The van der Waals surface area contributed by atoms with Crippen molar-refractivity contribution in [2.45, 2.75) is 51.4 Å². The number of nitrogens with zero attached hydrogens (tertiary/aromatic N) is 5. The summed E-state index contributed by atoms with van der Waals surface area (Å²) in [6.45, 7) is 9.68. The predicted octanol–water partition coefficient (Wildman–Crippen LogP) is 14.6. The Bertz CT molecular complexity index is 3560. The molecule has 0 saturated carbocycles. The summed E-state index contributed by atoms with van der Waals surface area (Å²) in [7, 11) is 0. The zero-order valence-electron chi connectivity index (χ0n) is 35.4. The van der Waals surface area contributed by atoms with Crippen molar-refractivity contribution in [2.75, 3.05) is 0 Å². The largest absolute Gasteiger partial charge is 0.309 e. The van der Waals surface area contributed by atoms with E-state index in [9.17, 15) is 0 Å². The fraction of sp³-hybridized carbons (Fsp3) is 0.140. The minimum absolute atomic E-state index is 0.0689. The van der Waals surface area contributed by atoms with Crippen LogP contribution in [0.25, 0.3) is 99.9 Å². The number of aromatic nitrogens is 5. The number of rotatable bonds is 5. The molecular formula is C57H45N5. The summed E-state index contributed by atoms with van der Waals surface area (Å²) in [5.74, 6) is 1.83. The third-order valence-corrected chi connectivity index (χ3v) is 13.6. The molecule has 0 radical (unpaired) electrons. The van der Waals surface area contributed by atoms with Gasteiger partial charge in [0.25, 0.3) is 0 Å². The fourth-order valence-electron chi connectivity index (χ4n) is 10.3. The molecule has 0 unspecified atom stereocenters. The Kier molecular flexibility index (Phi) is 7.98. The molecule has 0 atom stereocenters. The Morgan fingerprint density at radius 1 is 0.403 bits per heavy atom. The Morgan fingerprint density at radius 3 is 1.71 bits per heavy atom. The summed E-state index contributed by atoms with van der Waals surface area (Å²) in [5.41, 5.74) is 12.7. The van der Waals surface area contributed by atoms with Gasteiger partial charge in [-0.3, -0.25) is 4.57 Å². The lowest BCUT2D eigenvalue weighted by Crippen LogP contribution is -2.33. The van der Waals surface area contributed by atoms with E-state index in [1.54, 1.807) is 0 Å². The third kappa shape index (κ3) is 5.58. The highest BCUT2D eigenvalue weighted by atomic mass is 15.2. The van der Waals surface area contributed by atoms with Crippen LogP contribution in [0.15, 0.2) is 176 Å². The van der Waals surface area contributed by atoms with Gasteiger partial charge >= 0.3 is 0 Å². The molecule has 0 bridgehead atoms. The van der Waals surface area contributed by atoms with Gasteiger partial charge in [0.1, 0.15) is 0 Å². The Morgan fingerprint density at radius 2 is 0.968 bits per heavy atom. The zero-order chi connectivity index (χ0) is 41.7. The van der Waals surface area contributed by atoms with Gasteiger partial charge in [0, 0.05) is 38.4 Å². The molecule has 12 rings (SSSR count). The lowest BCUT2D eigenvalue weighted by Gasteiger charge is -2.42. The van der Waals surface area contributed by atoms with Crippen LogP contribution in [0.1, 0.15) is 51.7 Å². The van der Waals surface area contributed by atoms with E-state index < -0.39 is 0 Å². The highest BCUT2D eigenvalue weighted by Crippen LogP contribution is 2.49. The quantitative estimate of drug-likeness (QED) is 0.174. The number of hydrogen-bond donors (Lipinski definition) is 0. The SMILES string of the molecule is CC1(C)CCC(C)(C)c2cc3c(cc21)c1cc2c4c5ccccc5ccc4n(-c4nc(-c5ccccc5)nc(-c5ccccc5-c5ccccc5)n4)c2cc1n3-c1ccccc1.